The van der Waals surface area contributed by atoms with Crippen LogP contribution in [0.1, 0.15) is 39.2 Å². The molecule has 0 radical (unpaired) electrons. The molecule has 0 spiro atoms. The highest BCUT2D eigenvalue weighted by molar-refractivity contribution is 5.75. The van der Waals surface area contributed by atoms with Crippen molar-refractivity contribution in [2.24, 2.45) is 5.92 Å². The number of amides is 1. The first-order valence-electron chi connectivity index (χ1n) is 8.17. The molecule has 1 aliphatic heterocycles. The fourth-order valence-corrected chi connectivity index (χ4v) is 3.17. The molecule has 0 aliphatic carbocycles. The fourth-order valence-electron chi connectivity index (χ4n) is 3.17. The van der Waals surface area contributed by atoms with Gasteiger partial charge in [0.15, 0.2) is 0 Å². The first-order valence-corrected chi connectivity index (χ1v) is 8.17. The maximum absolute atomic E-state index is 11.6. The summed E-state index contributed by atoms with van der Waals surface area (Å²) in [6.45, 7) is 8.62. The van der Waals surface area contributed by atoms with Crippen LogP contribution < -0.4 is 5.32 Å². The highest BCUT2D eigenvalue weighted by atomic mass is 16.1. The average Bonchev–Trinajstić information content (AvgIpc) is 2.50. The van der Waals surface area contributed by atoms with Crippen molar-refractivity contribution < 1.29 is 4.79 Å². The summed E-state index contributed by atoms with van der Waals surface area (Å²) in [6, 6.07) is 11.5. The molecule has 1 N–H and O–H groups in total. The van der Waals surface area contributed by atoms with Crippen LogP contribution in [-0.4, -0.2) is 36.0 Å². The highest BCUT2D eigenvalue weighted by Crippen LogP contribution is 2.22. The van der Waals surface area contributed by atoms with Gasteiger partial charge < -0.3 is 5.32 Å². The first-order chi connectivity index (χ1) is 10.1. The van der Waals surface area contributed by atoms with Gasteiger partial charge in [-0.2, -0.15) is 0 Å². The molecular weight excluding hydrogens is 260 g/mol. The standard InChI is InChI=1S/C18H28N2O/c1-4-18(21)19-17-12-15(3)20(13-14(17)2)11-10-16-8-6-5-7-9-16/h5-9,14-15,17H,4,10-13H2,1-3H3,(H,19,21)/t14-,15+,17+/m1/s1. The minimum atomic E-state index is 0.178. The topological polar surface area (TPSA) is 32.3 Å². The summed E-state index contributed by atoms with van der Waals surface area (Å²) in [6.07, 6.45) is 2.74. The van der Waals surface area contributed by atoms with Gasteiger partial charge in [0.2, 0.25) is 5.91 Å². The number of hydrogen-bond donors (Lipinski definition) is 1. The molecule has 1 aromatic carbocycles. The number of benzene rings is 1. The predicted octanol–water partition coefficient (Wildman–Crippen LogP) is 2.85. The Labute approximate surface area is 128 Å². The van der Waals surface area contributed by atoms with Gasteiger partial charge in [-0.15, -0.1) is 0 Å². The quantitative estimate of drug-likeness (QED) is 0.903. The zero-order valence-electron chi connectivity index (χ0n) is 13.5. The van der Waals surface area contributed by atoms with Gasteiger partial charge in [0, 0.05) is 31.6 Å². The maximum Gasteiger partial charge on any atom is 0.219 e. The summed E-state index contributed by atoms with van der Waals surface area (Å²) in [5, 5.41) is 3.18. The Hall–Kier alpha value is -1.35. The van der Waals surface area contributed by atoms with Crippen molar-refractivity contribution in [1.82, 2.24) is 10.2 Å². The molecule has 1 heterocycles. The van der Waals surface area contributed by atoms with Crippen molar-refractivity contribution in [2.45, 2.75) is 52.1 Å². The van der Waals surface area contributed by atoms with Crippen LogP contribution >= 0.6 is 0 Å². The molecule has 1 aromatic rings. The molecule has 3 heteroatoms. The van der Waals surface area contributed by atoms with Gasteiger partial charge in [-0.25, -0.2) is 0 Å². The molecule has 0 saturated carbocycles. The Morgan fingerprint density at radius 1 is 1.29 bits per heavy atom. The summed E-state index contributed by atoms with van der Waals surface area (Å²) >= 11 is 0. The minimum absolute atomic E-state index is 0.178. The van der Waals surface area contributed by atoms with E-state index >= 15 is 0 Å². The molecule has 1 fully saturated rings. The Morgan fingerprint density at radius 3 is 2.67 bits per heavy atom. The van der Waals surface area contributed by atoms with Gasteiger partial charge >= 0.3 is 0 Å². The lowest BCUT2D eigenvalue weighted by Crippen LogP contribution is -2.53. The molecule has 3 atom stereocenters. The van der Waals surface area contributed by atoms with Crippen LogP contribution in [0.5, 0.6) is 0 Å². The fraction of sp³-hybridized carbons (Fsp3) is 0.611. The zero-order chi connectivity index (χ0) is 15.2. The molecule has 2 rings (SSSR count). The van der Waals surface area contributed by atoms with E-state index in [4.69, 9.17) is 0 Å². The van der Waals surface area contributed by atoms with Gasteiger partial charge in [-0.1, -0.05) is 44.2 Å². The Balaban J connectivity index is 1.85. The van der Waals surface area contributed by atoms with Crippen LogP contribution in [0.2, 0.25) is 0 Å². The van der Waals surface area contributed by atoms with E-state index in [9.17, 15) is 4.79 Å². The van der Waals surface area contributed by atoms with E-state index in [1.54, 1.807) is 0 Å². The smallest absolute Gasteiger partial charge is 0.219 e. The predicted molar refractivity (Wildman–Crippen MR) is 87.2 cm³/mol. The monoisotopic (exact) mass is 288 g/mol. The number of carbonyl (C=O) groups excluding carboxylic acids is 1. The molecule has 0 unspecified atom stereocenters. The second-order valence-corrected chi connectivity index (χ2v) is 6.32. The largest absolute Gasteiger partial charge is 0.353 e. The van der Waals surface area contributed by atoms with Crippen molar-refractivity contribution in [1.29, 1.82) is 0 Å². The third-order valence-electron chi connectivity index (χ3n) is 4.63. The molecule has 21 heavy (non-hydrogen) atoms. The van der Waals surface area contributed by atoms with Gasteiger partial charge in [0.1, 0.15) is 0 Å². The Bertz CT molecular complexity index is 446. The SMILES string of the molecule is CCC(=O)N[C@H]1C[C@H](C)N(CCc2ccccc2)C[C@H]1C. The molecule has 1 saturated heterocycles. The van der Waals surface area contributed by atoms with E-state index < -0.39 is 0 Å². The number of likely N-dealkylation sites (tertiary alicyclic amines) is 1. The van der Waals surface area contributed by atoms with E-state index in [-0.39, 0.29) is 5.91 Å². The highest BCUT2D eigenvalue weighted by Gasteiger charge is 2.31. The van der Waals surface area contributed by atoms with Crippen LogP contribution in [0, 0.1) is 5.92 Å². The van der Waals surface area contributed by atoms with Crippen molar-refractivity contribution >= 4 is 5.91 Å². The van der Waals surface area contributed by atoms with Crippen LogP contribution in [-0.2, 0) is 11.2 Å². The van der Waals surface area contributed by atoms with Gasteiger partial charge in [0.25, 0.3) is 0 Å². The van der Waals surface area contributed by atoms with E-state index in [0.29, 0.717) is 24.4 Å². The van der Waals surface area contributed by atoms with Crippen molar-refractivity contribution in [2.75, 3.05) is 13.1 Å². The summed E-state index contributed by atoms with van der Waals surface area (Å²) in [5.74, 6) is 0.698. The summed E-state index contributed by atoms with van der Waals surface area (Å²) in [7, 11) is 0. The minimum Gasteiger partial charge on any atom is -0.353 e. The number of hydrogen-bond acceptors (Lipinski definition) is 2. The average molecular weight is 288 g/mol. The van der Waals surface area contributed by atoms with Crippen LogP contribution in [0.25, 0.3) is 0 Å². The van der Waals surface area contributed by atoms with Gasteiger partial charge in [0.05, 0.1) is 0 Å². The summed E-state index contributed by atoms with van der Waals surface area (Å²) < 4.78 is 0. The third kappa shape index (κ3) is 4.57. The van der Waals surface area contributed by atoms with E-state index in [2.05, 4.69) is 54.4 Å². The normalized spacial score (nSPS) is 26.5. The van der Waals surface area contributed by atoms with Gasteiger partial charge in [-0.3, -0.25) is 9.69 Å². The van der Waals surface area contributed by atoms with Crippen LogP contribution in [0.3, 0.4) is 0 Å². The molecule has 3 nitrogen and oxygen atoms in total. The zero-order valence-corrected chi connectivity index (χ0v) is 13.5. The third-order valence-corrected chi connectivity index (χ3v) is 4.63. The Morgan fingerprint density at radius 2 is 2.00 bits per heavy atom. The molecular formula is C18H28N2O. The second kappa shape index (κ2) is 7.60. The van der Waals surface area contributed by atoms with Crippen molar-refractivity contribution in [3.05, 3.63) is 35.9 Å². The molecule has 1 aliphatic rings. The Kier molecular flexibility index (Phi) is 5.80. The van der Waals surface area contributed by atoms with E-state index in [1.165, 1.54) is 5.56 Å². The lowest BCUT2D eigenvalue weighted by atomic mass is 9.89. The molecule has 116 valence electrons. The van der Waals surface area contributed by atoms with Gasteiger partial charge in [-0.05, 0) is 31.2 Å². The molecule has 1 amide bonds. The molecule has 0 bridgehead atoms. The van der Waals surface area contributed by atoms with Crippen molar-refractivity contribution in [3.63, 3.8) is 0 Å². The van der Waals surface area contributed by atoms with E-state index in [1.807, 2.05) is 6.92 Å². The van der Waals surface area contributed by atoms with E-state index in [0.717, 1.165) is 25.9 Å². The number of carbonyl (C=O) groups is 1. The number of rotatable bonds is 5. The second-order valence-electron chi connectivity index (χ2n) is 6.32. The van der Waals surface area contributed by atoms with Crippen LogP contribution in [0.4, 0.5) is 0 Å². The lowest BCUT2D eigenvalue weighted by molar-refractivity contribution is -0.122. The summed E-state index contributed by atoms with van der Waals surface area (Å²) in [5.41, 5.74) is 1.40. The number of nitrogens with zero attached hydrogens (tertiary/aromatic N) is 1. The summed E-state index contributed by atoms with van der Waals surface area (Å²) in [4.78, 5) is 14.2. The number of piperidine rings is 1. The first kappa shape index (κ1) is 16.0. The van der Waals surface area contributed by atoms with Crippen molar-refractivity contribution in [3.8, 4) is 0 Å². The maximum atomic E-state index is 11.6. The molecule has 0 aromatic heterocycles. The number of nitrogens with one attached hydrogen (secondary N) is 1. The van der Waals surface area contributed by atoms with Crippen LogP contribution in [0.15, 0.2) is 30.3 Å². The lowest BCUT2D eigenvalue weighted by Gasteiger charge is -2.42.